The maximum absolute atomic E-state index is 11.0. The van der Waals surface area contributed by atoms with E-state index in [1.807, 2.05) is 6.92 Å². The number of carbonyl (C=O) groups is 2. The van der Waals surface area contributed by atoms with Gasteiger partial charge in [0.05, 0.1) is 7.11 Å². The molecule has 0 radical (unpaired) electrons. The van der Waals surface area contributed by atoms with Gasteiger partial charge in [0.2, 0.25) is 0 Å². The zero-order valence-electron chi connectivity index (χ0n) is 8.28. The van der Waals surface area contributed by atoms with Crippen molar-refractivity contribution in [3.05, 3.63) is 0 Å². The summed E-state index contributed by atoms with van der Waals surface area (Å²) < 4.78 is 9.46. The Morgan fingerprint density at radius 2 is 2.08 bits per heavy atom. The van der Waals surface area contributed by atoms with Crippen molar-refractivity contribution in [1.29, 1.82) is 0 Å². The molecule has 0 saturated heterocycles. The van der Waals surface area contributed by atoms with Crippen LogP contribution in [0.3, 0.4) is 0 Å². The minimum Gasteiger partial charge on any atom is -0.467 e. The summed E-state index contributed by atoms with van der Waals surface area (Å²) in [6, 6.07) is 0. The van der Waals surface area contributed by atoms with Crippen LogP contribution in [0.4, 0.5) is 0 Å². The number of hydrogen-bond acceptors (Lipinski definition) is 4. The second kappa shape index (κ2) is 6.60. The van der Waals surface area contributed by atoms with Gasteiger partial charge in [-0.15, -0.1) is 0 Å². The third-order valence-electron chi connectivity index (χ3n) is 1.86. The first-order chi connectivity index (χ1) is 6.15. The average Bonchev–Trinajstić information content (AvgIpc) is 2.13. The van der Waals surface area contributed by atoms with Crippen molar-refractivity contribution in [1.82, 2.24) is 0 Å². The summed E-state index contributed by atoms with van der Waals surface area (Å²) in [7, 11) is 2.77. The lowest BCUT2D eigenvalue weighted by Crippen LogP contribution is -2.26. The molecule has 0 aromatic carbocycles. The molecule has 2 atom stereocenters. The number of carbonyl (C=O) groups excluding carboxylic acids is 2. The van der Waals surface area contributed by atoms with Crippen LogP contribution in [0.5, 0.6) is 0 Å². The van der Waals surface area contributed by atoms with Crippen LogP contribution in [0.15, 0.2) is 0 Å². The monoisotopic (exact) mass is 188 g/mol. The van der Waals surface area contributed by atoms with E-state index < -0.39 is 6.10 Å². The molecule has 0 aliphatic rings. The molecule has 0 rings (SSSR count). The molecule has 0 heterocycles. The summed E-state index contributed by atoms with van der Waals surface area (Å²) >= 11 is 0. The molecule has 0 aromatic heterocycles. The lowest BCUT2D eigenvalue weighted by molar-refractivity contribution is -0.153. The molecule has 0 bridgehead atoms. The maximum atomic E-state index is 11.0. The first-order valence-electron chi connectivity index (χ1n) is 4.20. The molecule has 0 fully saturated rings. The summed E-state index contributed by atoms with van der Waals surface area (Å²) in [5.41, 5.74) is 0. The van der Waals surface area contributed by atoms with Crippen LogP contribution >= 0.6 is 0 Å². The average molecular weight is 188 g/mol. The van der Waals surface area contributed by atoms with Crippen molar-refractivity contribution in [2.45, 2.75) is 25.9 Å². The molecule has 4 nitrogen and oxygen atoms in total. The highest BCUT2D eigenvalue weighted by Gasteiger charge is 2.20. The van der Waals surface area contributed by atoms with Crippen molar-refractivity contribution in [3.63, 3.8) is 0 Å². The molecule has 0 amide bonds. The van der Waals surface area contributed by atoms with E-state index in [0.29, 0.717) is 12.8 Å². The lowest BCUT2D eigenvalue weighted by Gasteiger charge is -2.15. The van der Waals surface area contributed by atoms with Gasteiger partial charge in [-0.05, 0) is 12.3 Å². The second-order valence-electron chi connectivity index (χ2n) is 2.99. The predicted molar refractivity (Wildman–Crippen MR) is 47.3 cm³/mol. The van der Waals surface area contributed by atoms with Gasteiger partial charge in [0.1, 0.15) is 6.29 Å². The van der Waals surface area contributed by atoms with E-state index in [1.165, 1.54) is 14.2 Å². The topological polar surface area (TPSA) is 52.6 Å². The van der Waals surface area contributed by atoms with Gasteiger partial charge in [-0.1, -0.05) is 6.92 Å². The zero-order valence-corrected chi connectivity index (χ0v) is 8.28. The molecule has 0 N–H and O–H groups in total. The summed E-state index contributed by atoms with van der Waals surface area (Å²) in [4.78, 5) is 21.2. The number of ether oxygens (including phenoxy) is 2. The minimum absolute atomic E-state index is 0.140. The summed E-state index contributed by atoms with van der Waals surface area (Å²) in [5.74, 6) is -0.248. The Kier molecular flexibility index (Phi) is 6.14. The molecule has 0 aromatic rings. The summed E-state index contributed by atoms with van der Waals surface area (Å²) in [6.45, 7) is 1.89. The van der Waals surface area contributed by atoms with Gasteiger partial charge in [0.15, 0.2) is 6.10 Å². The fourth-order valence-corrected chi connectivity index (χ4v) is 1.05. The SMILES string of the molecule is COC(=O)[C@@H](C[C@H](C)CC=O)OC. The van der Waals surface area contributed by atoms with Crippen molar-refractivity contribution in [2.75, 3.05) is 14.2 Å². The predicted octanol–water partition coefficient (Wildman–Crippen LogP) is 0.790. The van der Waals surface area contributed by atoms with Crippen LogP contribution in [-0.2, 0) is 19.1 Å². The van der Waals surface area contributed by atoms with Crippen LogP contribution in [0, 0.1) is 5.92 Å². The van der Waals surface area contributed by atoms with E-state index in [1.54, 1.807) is 0 Å². The fraction of sp³-hybridized carbons (Fsp3) is 0.778. The van der Waals surface area contributed by atoms with Crippen LogP contribution in [0.1, 0.15) is 19.8 Å². The lowest BCUT2D eigenvalue weighted by atomic mass is 10.0. The molecule has 0 aliphatic carbocycles. The van der Waals surface area contributed by atoms with E-state index in [9.17, 15) is 9.59 Å². The van der Waals surface area contributed by atoms with Crippen molar-refractivity contribution < 1.29 is 19.1 Å². The number of rotatable bonds is 6. The maximum Gasteiger partial charge on any atom is 0.334 e. The quantitative estimate of drug-likeness (QED) is 0.457. The highest BCUT2D eigenvalue weighted by atomic mass is 16.6. The highest BCUT2D eigenvalue weighted by molar-refractivity contribution is 5.74. The zero-order chi connectivity index (χ0) is 10.3. The van der Waals surface area contributed by atoms with Crippen molar-refractivity contribution in [3.8, 4) is 0 Å². The van der Waals surface area contributed by atoms with E-state index >= 15 is 0 Å². The summed E-state index contributed by atoms with van der Waals surface area (Å²) in [5, 5.41) is 0. The van der Waals surface area contributed by atoms with E-state index in [4.69, 9.17) is 4.74 Å². The first kappa shape index (κ1) is 12.1. The number of aldehydes is 1. The van der Waals surface area contributed by atoms with Gasteiger partial charge in [-0.2, -0.15) is 0 Å². The Morgan fingerprint density at radius 3 is 2.46 bits per heavy atom. The molecule has 76 valence electrons. The number of hydrogen-bond donors (Lipinski definition) is 0. The third-order valence-corrected chi connectivity index (χ3v) is 1.86. The molecule has 4 heteroatoms. The largest absolute Gasteiger partial charge is 0.467 e. The number of methoxy groups -OCH3 is 2. The van der Waals surface area contributed by atoms with E-state index in [2.05, 4.69) is 4.74 Å². The van der Waals surface area contributed by atoms with Gasteiger partial charge in [-0.25, -0.2) is 4.79 Å². The normalized spacial score (nSPS) is 14.7. The van der Waals surface area contributed by atoms with Gasteiger partial charge in [0.25, 0.3) is 0 Å². The standard InChI is InChI=1S/C9H16O4/c1-7(4-5-10)6-8(12-2)9(11)13-3/h5,7-8H,4,6H2,1-3H3/t7-,8-/m1/s1. The van der Waals surface area contributed by atoms with Crippen molar-refractivity contribution in [2.24, 2.45) is 5.92 Å². The molecule has 13 heavy (non-hydrogen) atoms. The second-order valence-corrected chi connectivity index (χ2v) is 2.99. The van der Waals surface area contributed by atoms with Gasteiger partial charge in [-0.3, -0.25) is 0 Å². The molecule has 0 spiro atoms. The molecular weight excluding hydrogens is 172 g/mol. The Balaban J connectivity index is 3.96. The Bertz CT molecular complexity index is 167. The van der Waals surface area contributed by atoms with Gasteiger partial charge < -0.3 is 14.3 Å². The van der Waals surface area contributed by atoms with Crippen LogP contribution in [0.2, 0.25) is 0 Å². The minimum atomic E-state index is -0.556. The molecule has 0 aliphatic heterocycles. The van der Waals surface area contributed by atoms with Gasteiger partial charge in [0, 0.05) is 13.5 Å². The van der Waals surface area contributed by atoms with E-state index in [-0.39, 0.29) is 11.9 Å². The third kappa shape index (κ3) is 4.62. The number of esters is 1. The van der Waals surface area contributed by atoms with Crippen LogP contribution in [-0.4, -0.2) is 32.6 Å². The molecule has 0 saturated carbocycles. The Labute approximate surface area is 78.2 Å². The van der Waals surface area contributed by atoms with Crippen molar-refractivity contribution >= 4 is 12.3 Å². The molecule has 0 unspecified atom stereocenters. The fourth-order valence-electron chi connectivity index (χ4n) is 1.05. The molecular formula is C9H16O4. The van der Waals surface area contributed by atoms with E-state index in [0.717, 1.165) is 6.29 Å². The Morgan fingerprint density at radius 1 is 1.46 bits per heavy atom. The Hall–Kier alpha value is -0.900. The highest BCUT2D eigenvalue weighted by Crippen LogP contribution is 2.12. The van der Waals surface area contributed by atoms with Crippen LogP contribution < -0.4 is 0 Å². The smallest absolute Gasteiger partial charge is 0.334 e. The van der Waals surface area contributed by atoms with Crippen LogP contribution in [0.25, 0.3) is 0 Å². The van der Waals surface area contributed by atoms with Gasteiger partial charge >= 0.3 is 5.97 Å². The summed E-state index contributed by atoms with van der Waals surface area (Å²) in [6.07, 6.45) is 1.24. The first-order valence-corrected chi connectivity index (χ1v) is 4.20.